The normalized spacial score (nSPS) is 10.2. The molecule has 1 aromatic rings. The van der Waals surface area contributed by atoms with Crippen molar-refractivity contribution in [2.45, 2.75) is 12.8 Å². The summed E-state index contributed by atoms with van der Waals surface area (Å²) in [6.45, 7) is 0.865. The average molecular weight is 262 g/mol. The minimum absolute atomic E-state index is 0.337. The van der Waals surface area contributed by atoms with Gasteiger partial charge in [-0.2, -0.15) is 11.8 Å². The maximum atomic E-state index is 5.87. The molecule has 0 saturated heterocycles. The lowest BCUT2D eigenvalue weighted by molar-refractivity contribution is 0.413. The monoisotopic (exact) mass is 261 g/mol. The second-order valence-electron chi connectivity index (χ2n) is 3.17. The Balaban J connectivity index is 2.44. The largest absolute Gasteiger partial charge is 0.490 e. The number of hydrogen-bond acceptors (Lipinski definition) is 5. The molecule has 1 aromatic heterocycles. The Labute approximate surface area is 105 Å². The minimum Gasteiger partial charge on any atom is -0.490 e. The molecule has 1 heterocycles. The predicted molar refractivity (Wildman–Crippen MR) is 69.7 cm³/mol. The topological polar surface area (TPSA) is 47.0 Å². The fraction of sp³-hybridized carbons (Fsp3) is 0.600. The van der Waals surface area contributed by atoms with Gasteiger partial charge in [0, 0.05) is 6.54 Å². The number of rotatable bonds is 7. The lowest BCUT2D eigenvalue weighted by Crippen LogP contribution is -2.06. The molecule has 16 heavy (non-hydrogen) atoms. The van der Waals surface area contributed by atoms with Gasteiger partial charge in [-0.05, 0) is 24.9 Å². The molecule has 0 spiro atoms. The standard InChI is InChI=1S/C10H16ClN3OS/c1-15-8-9(11)13-7-14-10(8)12-5-3-4-6-16-2/h7H,3-6H2,1-2H3,(H,12,13,14). The first-order valence-corrected chi connectivity index (χ1v) is 6.84. The lowest BCUT2D eigenvalue weighted by Gasteiger charge is -2.09. The molecule has 0 unspecified atom stereocenters. The molecule has 0 fully saturated rings. The summed E-state index contributed by atoms with van der Waals surface area (Å²) < 4.78 is 5.13. The Morgan fingerprint density at radius 1 is 1.44 bits per heavy atom. The van der Waals surface area contributed by atoms with Crippen LogP contribution in [-0.4, -0.2) is 35.6 Å². The molecule has 0 saturated carbocycles. The maximum absolute atomic E-state index is 5.87. The number of methoxy groups -OCH3 is 1. The molecule has 0 radical (unpaired) electrons. The number of nitrogens with one attached hydrogen (secondary N) is 1. The second-order valence-corrected chi connectivity index (χ2v) is 4.52. The summed E-state index contributed by atoms with van der Waals surface area (Å²) in [6.07, 6.45) is 5.83. The Hall–Kier alpha value is -0.680. The quantitative estimate of drug-likeness (QED) is 0.604. The number of anilines is 1. The number of unbranched alkanes of at least 4 members (excludes halogenated alkanes) is 1. The summed E-state index contributed by atoms with van der Waals surface area (Å²) in [5.41, 5.74) is 0. The summed E-state index contributed by atoms with van der Waals surface area (Å²) in [5, 5.41) is 3.53. The van der Waals surface area contributed by atoms with Gasteiger partial charge in [0.2, 0.25) is 0 Å². The highest BCUT2D eigenvalue weighted by molar-refractivity contribution is 7.98. The molecule has 6 heteroatoms. The maximum Gasteiger partial charge on any atom is 0.198 e. The molecule has 0 aliphatic carbocycles. The Morgan fingerprint density at radius 3 is 2.94 bits per heavy atom. The van der Waals surface area contributed by atoms with Crippen molar-refractivity contribution in [2.24, 2.45) is 0 Å². The first-order chi connectivity index (χ1) is 7.79. The van der Waals surface area contributed by atoms with Crippen LogP contribution in [0, 0.1) is 0 Å². The van der Waals surface area contributed by atoms with Crippen molar-refractivity contribution in [3.05, 3.63) is 11.5 Å². The summed E-state index contributed by atoms with van der Waals surface area (Å²) in [5.74, 6) is 2.35. The van der Waals surface area contributed by atoms with E-state index >= 15 is 0 Å². The third-order valence-electron chi connectivity index (χ3n) is 2.03. The van der Waals surface area contributed by atoms with Crippen LogP contribution in [0.25, 0.3) is 0 Å². The van der Waals surface area contributed by atoms with Crippen LogP contribution in [0.1, 0.15) is 12.8 Å². The number of ether oxygens (including phenoxy) is 1. The van der Waals surface area contributed by atoms with Crippen molar-refractivity contribution >= 4 is 29.2 Å². The van der Waals surface area contributed by atoms with Crippen LogP contribution in [0.15, 0.2) is 6.33 Å². The van der Waals surface area contributed by atoms with Crippen LogP contribution >= 0.6 is 23.4 Å². The number of thioether (sulfide) groups is 1. The molecule has 0 bridgehead atoms. The van der Waals surface area contributed by atoms with Gasteiger partial charge in [-0.1, -0.05) is 11.6 Å². The molecule has 90 valence electrons. The number of hydrogen-bond donors (Lipinski definition) is 1. The Kier molecular flexibility index (Phi) is 6.33. The van der Waals surface area contributed by atoms with Gasteiger partial charge in [0.05, 0.1) is 7.11 Å². The molecule has 0 aliphatic rings. The van der Waals surface area contributed by atoms with Gasteiger partial charge in [-0.3, -0.25) is 0 Å². The third kappa shape index (κ3) is 4.06. The van der Waals surface area contributed by atoms with Gasteiger partial charge < -0.3 is 10.1 Å². The Morgan fingerprint density at radius 2 is 2.25 bits per heavy atom. The van der Waals surface area contributed by atoms with Crippen LogP contribution in [0.4, 0.5) is 5.82 Å². The van der Waals surface area contributed by atoms with Gasteiger partial charge in [0.25, 0.3) is 0 Å². The summed E-state index contributed by atoms with van der Waals surface area (Å²) >= 11 is 7.73. The number of nitrogens with zero attached hydrogens (tertiary/aromatic N) is 2. The van der Waals surface area contributed by atoms with Crippen LogP contribution in [-0.2, 0) is 0 Å². The first kappa shape index (κ1) is 13.4. The van der Waals surface area contributed by atoms with Crippen molar-refractivity contribution in [2.75, 3.05) is 31.0 Å². The molecule has 1 N–H and O–H groups in total. The molecule has 4 nitrogen and oxygen atoms in total. The molecule has 0 atom stereocenters. The number of halogens is 1. The van der Waals surface area contributed by atoms with Crippen molar-refractivity contribution in [1.82, 2.24) is 9.97 Å². The second kappa shape index (κ2) is 7.57. The highest BCUT2D eigenvalue weighted by Gasteiger charge is 2.08. The fourth-order valence-corrected chi connectivity index (χ4v) is 1.94. The summed E-state index contributed by atoms with van der Waals surface area (Å²) in [7, 11) is 1.56. The summed E-state index contributed by atoms with van der Waals surface area (Å²) in [6, 6.07) is 0. The van der Waals surface area contributed by atoms with Crippen molar-refractivity contribution < 1.29 is 4.74 Å². The summed E-state index contributed by atoms with van der Waals surface area (Å²) in [4.78, 5) is 7.95. The number of aromatic nitrogens is 2. The average Bonchev–Trinajstić information content (AvgIpc) is 2.29. The molecular formula is C10H16ClN3OS. The van der Waals surface area contributed by atoms with E-state index in [4.69, 9.17) is 16.3 Å². The molecule has 0 amide bonds. The van der Waals surface area contributed by atoms with Crippen LogP contribution in [0.2, 0.25) is 5.15 Å². The zero-order chi connectivity index (χ0) is 11.8. The first-order valence-electron chi connectivity index (χ1n) is 5.07. The zero-order valence-electron chi connectivity index (χ0n) is 9.49. The fourth-order valence-electron chi connectivity index (χ4n) is 1.24. The van der Waals surface area contributed by atoms with E-state index < -0.39 is 0 Å². The van der Waals surface area contributed by atoms with Gasteiger partial charge >= 0.3 is 0 Å². The highest BCUT2D eigenvalue weighted by atomic mass is 35.5. The predicted octanol–water partition coefficient (Wildman–Crippen LogP) is 2.69. The van der Waals surface area contributed by atoms with Crippen LogP contribution in [0.5, 0.6) is 5.75 Å². The van der Waals surface area contributed by atoms with E-state index in [0.29, 0.717) is 16.7 Å². The molecule has 0 aliphatic heterocycles. The van der Waals surface area contributed by atoms with E-state index in [1.807, 2.05) is 11.8 Å². The lowest BCUT2D eigenvalue weighted by atomic mass is 10.3. The third-order valence-corrected chi connectivity index (χ3v) is 3.00. The van der Waals surface area contributed by atoms with E-state index in [0.717, 1.165) is 13.0 Å². The van der Waals surface area contributed by atoms with E-state index in [-0.39, 0.29) is 0 Å². The van der Waals surface area contributed by atoms with Crippen LogP contribution < -0.4 is 10.1 Å². The van der Waals surface area contributed by atoms with Crippen molar-refractivity contribution in [3.8, 4) is 5.75 Å². The Bertz CT molecular complexity index is 325. The molecular weight excluding hydrogens is 246 g/mol. The SMILES string of the molecule is COc1c(Cl)ncnc1NCCCCSC. The van der Waals surface area contributed by atoms with Gasteiger partial charge in [0.1, 0.15) is 6.33 Å². The molecule has 0 aromatic carbocycles. The van der Waals surface area contributed by atoms with E-state index in [1.54, 1.807) is 7.11 Å². The molecule has 1 rings (SSSR count). The van der Waals surface area contributed by atoms with Crippen molar-refractivity contribution in [3.63, 3.8) is 0 Å². The van der Waals surface area contributed by atoms with E-state index in [9.17, 15) is 0 Å². The van der Waals surface area contributed by atoms with Crippen LogP contribution in [0.3, 0.4) is 0 Å². The van der Waals surface area contributed by atoms with Gasteiger partial charge in [0.15, 0.2) is 16.7 Å². The van der Waals surface area contributed by atoms with E-state index in [2.05, 4.69) is 21.5 Å². The zero-order valence-corrected chi connectivity index (χ0v) is 11.1. The minimum atomic E-state index is 0.337. The van der Waals surface area contributed by atoms with Gasteiger partial charge in [-0.25, -0.2) is 9.97 Å². The smallest absolute Gasteiger partial charge is 0.198 e. The van der Waals surface area contributed by atoms with Crippen molar-refractivity contribution in [1.29, 1.82) is 0 Å². The highest BCUT2D eigenvalue weighted by Crippen LogP contribution is 2.28. The van der Waals surface area contributed by atoms with E-state index in [1.165, 1.54) is 18.5 Å². The van der Waals surface area contributed by atoms with Gasteiger partial charge in [-0.15, -0.1) is 0 Å².